The molecule has 2 nitrogen and oxygen atoms in total. The fourth-order valence-corrected chi connectivity index (χ4v) is 1.78. The largest absolute Gasteiger partial charge is 0.391 e. The molecule has 1 aromatic rings. The number of benzene rings is 1. The molecule has 2 unspecified atom stereocenters. The fourth-order valence-electron chi connectivity index (χ4n) is 0.998. The van der Waals surface area contributed by atoms with Crippen molar-refractivity contribution in [2.45, 2.75) is 19.1 Å². The number of rotatable bonds is 2. The third-order valence-electron chi connectivity index (χ3n) is 1.85. The van der Waals surface area contributed by atoms with Crippen LogP contribution in [-0.2, 0) is 0 Å². The maximum Gasteiger partial charge on any atom is 0.0704 e. The van der Waals surface area contributed by atoms with Crippen LogP contribution in [0.15, 0.2) is 22.7 Å². The van der Waals surface area contributed by atoms with E-state index < -0.39 is 6.10 Å². The van der Waals surface area contributed by atoms with Gasteiger partial charge in [0.2, 0.25) is 0 Å². The van der Waals surface area contributed by atoms with Crippen molar-refractivity contribution in [2.75, 3.05) is 0 Å². The SMILES string of the molecule is CC(O)C(N)c1ccc(Br)c(I)c1. The Bertz CT molecular complexity index is 304. The van der Waals surface area contributed by atoms with Crippen LogP contribution < -0.4 is 5.73 Å². The van der Waals surface area contributed by atoms with Crippen molar-refractivity contribution in [3.8, 4) is 0 Å². The van der Waals surface area contributed by atoms with Crippen molar-refractivity contribution in [3.63, 3.8) is 0 Å². The van der Waals surface area contributed by atoms with Gasteiger partial charge >= 0.3 is 0 Å². The van der Waals surface area contributed by atoms with Crippen molar-refractivity contribution >= 4 is 38.5 Å². The first-order valence-corrected chi connectivity index (χ1v) is 5.78. The number of aliphatic hydroxyl groups is 1. The van der Waals surface area contributed by atoms with E-state index in [2.05, 4.69) is 38.5 Å². The van der Waals surface area contributed by atoms with E-state index in [1.807, 2.05) is 18.2 Å². The van der Waals surface area contributed by atoms with Gasteiger partial charge < -0.3 is 10.8 Å². The summed E-state index contributed by atoms with van der Waals surface area (Å²) in [6.07, 6.45) is -0.517. The lowest BCUT2D eigenvalue weighted by molar-refractivity contribution is 0.164. The summed E-state index contributed by atoms with van der Waals surface area (Å²) in [7, 11) is 0. The molecule has 0 saturated heterocycles. The Labute approximate surface area is 99.8 Å². The maximum absolute atomic E-state index is 9.30. The second-order valence-corrected chi connectivity index (χ2v) is 4.96. The van der Waals surface area contributed by atoms with Gasteiger partial charge in [0.05, 0.1) is 12.1 Å². The first kappa shape index (κ1) is 11.4. The van der Waals surface area contributed by atoms with Gasteiger partial charge in [-0.05, 0) is 63.1 Å². The van der Waals surface area contributed by atoms with E-state index in [1.165, 1.54) is 0 Å². The molecule has 0 radical (unpaired) electrons. The molecule has 13 heavy (non-hydrogen) atoms. The molecule has 1 aromatic carbocycles. The Hall–Kier alpha value is 0.350. The van der Waals surface area contributed by atoms with Gasteiger partial charge in [-0.1, -0.05) is 6.07 Å². The molecule has 4 heteroatoms. The fraction of sp³-hybridized carbons (Fsp3) is 0.333. The number of halogens is 2. The van der Waals surface area contributed by atoms with Crippen molar-refractivity contribution < 1.29 is 5.11 Å². The van der Waals surface area contributed by atoms with Crippen LogP contribution in [0.5, 0.6) is 0 Å². The smallest absolute Gasteiger partial charge is 0.0704 e. The highest BCUT2D eigenvalue weighted by Crippen LogP contribution is 2.23. The monoisotopic (exact) mass is 355 g/mol. The molecule has 0 heterocycles. The molecule has 1 rings (SSSR count). The highest BCUT2D eigenvalue weighted by Gasteiger charge is 2.12. The van der Waals surface area contributed by atoms with Crippen molar-refractivity contribution in [1.29, 1.82) is 0 Å². The Kier molecular flexibility index (Phi) is 4.15. The van der Waals surface area contributed by atoms with E-state index in [1.54, 1.807) is 6.92 Å². The number of hydrogen-bond acceptors (Lipinski definition) is 2. The average Bonchev–Trinajstić information content (AvgIpc) is 2.08. The van der Waals surface area contributed by atoms with Gasteiger partial charge in [0.1, 0.15) is 0 Å². The molecule has 0 bridgehead atoms. The minimum Gasteiger partial charge on any atom is -0.391 e. The second kappa shape index (κ2) is 4.72. The van der Waals surface area contributed by atoms with Crippen molar-refractivity contribution in [2.24, 2.45) is 5.73 Å². The van der Waals surface area contributed by atoms with Gasteiger partial charge in [-0.15, -0.1) is 0 Å². The summed E-state index contributed by atoms with van der Waals surface area (Å²) in [5, 5.41) is 9.30. The molecule has 0 fully saturated rings. The molecular weight excluding hydrogens is 345 g/mol. The van der Waals surface area contributed by atoms with Crippen LogP contribution >= 0.6 is 38.5 Å². The summed E-state index contributed by atoms with van der Waals surface area (Å²) in [5.41, 5.74) is 6.75. The minimum absolute atomic E-state index is 0.304. The van der Waals surface area contributed by atoms with Gasteiger partial charge in [-0.25, -0.2) is 0 Å². The molecule has 2 atom stereocenters. The van der Waals surface area contributed by atoms with Gasteiger partial charge in [-0.3, -0.25) is 0 Å². The molecule has 0 aliphatic rings. The lowest BCUT2D eigenvalue weighted by Gasteiger charge is -2.15. The predicted molar refractivity (Wildman–Crippen MR) is 65.5 cm³/mol. The molecule has 0 aliphatic carbocycles. The summed E-state index contributed by atoms with van der Waals surface area (Å²) in [5.74, 6) is 0. The van der Waals surface area contributed by atoms with E-state index in [0.29, 0.717) is 0 Å². The Morgan fingerprint density at radius 2 is 2.15 bits per heavy atom. The van der Waals surface area contributed by atoms with E-state index in [4.69, 9.17) is 5.73 Å². The van der Waals surface area contributed by atoms with E-state index >= 15 is 0 Å². The lowest BCUT2D eigenvalue weighted by atomic mass is 10.0. The van der Waals surface area contributed by atoms with Gasteiger partial charge in [-0.2, -0.15) is 0 Å². The number of aliphatic hydroxyl groups excluding tert-OH is 1. The van der Waals surface area contributed by atoms with Crippen LogP contribution in [-0.4, -0.2) is 11.2 Å². The van der Waals surface area contributed by atoms with Crippen LogP contribution in [0.3, 0.4) is 0 Å². The average molecular weight is 356 g/mol. The van der Waals surface area contributed by atoms with Crippen molar-refractivity contribution in [3.05, 3.63) is 31.8 Å². The minimum atomic E-state index is -0.517. The zero-order valence-electron chi connectivity index (χ0n) is 7.17. The highest BCUT2D eigenvalue weighted by atomic mass is 127. The normalized spacial score (nSPS) is 15.5. The zero-order chi connectivity index (χ0) is 10.0. The molecule has 0 aromatic heterocycles. The summed E-state index contributed by atoms with van der Waals surface area (Å²) in [6.45, 7) is 1.69. The Balaban J connectivity index is 2.97. The van der Waals surface area contributed by atoms with Gasteiger partial charge in [0.25, 0.3) is 0 Å². The van der Waals surface area contributed by atoms with Crippen LogP contribution in [0, 0.1) is 3.57 Å². The van der Waals surface area contributed by atoms with Crippen LogP contribution in [0.2, 0.25) is 0 Å². The van der Waals surface area contributed by atoms with Crippen LogP contribution in [0.1, 0.15) is 18.5 Å². The molecular formula is C9H11BrINO. The molecule has 72 valence electrons. The Morgan fingerprint density at radius 1 is 1.54 bits per heavy atom. The first-order chi connectivity index (χ1) is 6.02. The number of nitrogens with two attached hydrogens (primary N) is 1. The molecule has 0 amide bonds. The van der Waals surface area contributed by atoms with Crippen LogP contribution in [0.4, 0.5) is 0 Å². The van der Waals surface area contributed by atoms with Gasteiger partial charge in [0, 0.05) is 8.04 Å². The lowest BCUT2D eigenvalue weighted by Crippen LogP contribution is -2.23. The standard InChI is InChI=1S/C9H11BrINO/c1-5(13)9(12)6-2-3-7(10)8(11)4-6/h2-5,9,13H,12H2,1H3. The predicted octanol–water partition coefficient (Wildman–Crippen LogP) is 2.43. The Morgan fingerprint density at radius 3 is 2.62 bits per heavy atom. The topological polar surface area (TPSA) is 46.2 Å². The summed E-state index contributed by atoms with van der Waals surface area (Å²) < 4.78 is 2.15. The summed E-state index contributed by atoms with van der Waals surface area (Å²) in [4.78, 5) is 0. The maximum atomic E-state index is 9.30. The van der Waals surface area contributed by atoms with Crippen LogP contribution in [0.25, 0.3) is 0 Å². The summed E-state index contributed by atoms with van der Waals surface area (Å²) in [6, 6.07) is 5.53. The highest BCUT2D eigenvalue weighted by molar-refractivity contribution is 14.1. The van der Waals surface area contributed by atoms with Crippen molar-refractivity contribution in [1.82, 2.24) is 0 Å². The molecule has 0 spiro atoms. The van der Waals surface area contributed by atoms with Gasteiger partial charge in [0.15, 0.2) is 0 Å². The molecule has 0 saturated carbocycles. The number of hydrogen-bond donors (Lipinski definition) is 2. The summed E-state index contributed by atoms with van der Waals surface area (Å²) >= 11 is 5.63. The second-order valence-electron chi connectivity index (χ2n) is 2.94. The molecule has 0 aliphatic heterocycles. The van der Waals surface area contributed by atoms with E-state index in [0.717, 1.165) is 13.6 Å². The molecule has 3 N–H and O–H groups in total. The zero-order valence-corrected chi connectivity index (χ0v) is 10.9. The van der Waals surface area contributed by atoms with E-state index in [-0.39, 0.29) is 6.04 Å². The quantitative estimate of drug-likeness (QED) is 0.800. The third kappa shape index (κ3) is 2.90. The first-order valence-electron chi connectivity index (χ1n) is 3.91. The van der Waals surface area contributed by atoms with E-state index in [9.17, 15) is 5.11 Å². The third-order valence-corrected chi connectivity index (χ3v) is 4.17.